The summed E-state index contributed by atoms with van der Waals surface area (Å²) >= 11 is 10.5. The molecule has 0 bridgehead atoms. The molecule has 0 heterocycles. The molecule has 14 heavy (non-hydrogen) atoms. The lowest BCUT2D eigenvalue weighted by atomic mass is 10.2. The quantitative estimate of drug-likeness (QED) is 0.422. The summed E-state index contributed by atoms with van der Waals surface area (Å²) in [5, 5.41) is -1.24. The summed E-state index contributed by atoms with van der Waals surface area (Å²) in [6.07, 6.45) is -4.84. The fourth-order valence-corrected chi connectivity index (χ4v) is 1.27. The molecule has 7 heteroatoms. The Labute approximate surface area is 86.4 Å². The number of nitrogen functional groups attached to an aromatic ring is 1. The average Bonchev–Trinajstić information content (AvgIpc) is 2.06. The SMILES string of the molecule is Nc1c(Cl)cc(C(F)(F)F)c(F)c1Cl. The molecule has 0 atom stereocenters. The van der Waals surface area contributed by atoms with Gasteiger partial charge in [0.15, 0.2) is 5.82 Å². The van der Waals surface area contributed by atoms with Crippen molar-refractivity contribution in [1.82, 2.24) is 0 Å². The molecule has 1 nitrogen and oxygen atoms in total. The first-order valence-corrected chi connectivity index (χ1v) is 4.01. The number of hydrogen-bond acceptors (Lipinski definition) is 1. The molecule has 0 saturated heterocycles. The van der Waals surface area contributed by atoms with Gasteiger partial charge in [0.2, 0.25) is 0 Å². The highest BCUT2D eigenvalue weighted by atomic mass is 35.5. The van der Waals surface area contributed by atoms with Crippen molar-refractivity contribution in [1.29, 1.82) is 0 Å². The van der Waals surface area contributed by atoms with Gasteiger partial charge in [-0.3, -0.25) is 0 Å². The van der Waals surface area contributed by atoms with Crippen molar-refractivity contribution in [2.45, 2.75) is 6.18 Å². The third kappa shape index (κ3) is 1.88. The van der Waals surface area contributed by atoms with Gasteiger partial charge in [0, 0.05) is 0 Å². The van der Waals surface area contributed by atoms with Gasteiger partial charge in [0.05, 0.1) is 16.3 Å². The summed E-state index contributed by atoms with van der Waals surface area (Å²) in [6, 6.07) is 0.401. The second-order valence-corrected chi connectivity index (χ2v) is 3.23. The summed E-state index contributed by atoms with van der Waals surface area (Å²) in [7, 11) is 0. The fourth-order valence-electron chi connectivity index (χ4n) is 0.815. The number of halogens is 6. The molecule has 78 valence electrons. The number of anilines is 1. The highest BCUT2D eigenvalue weighted by Crippen LogP contribution is 2.39. The van der Waals surface area contributed by atoms with Crippen LogP contribution < -0.4 is 5.73 Å². The molecule has 0 aliphatic carbocycles. The van der Waals surface area contributed by atoms with E-state index in [9.17, 15) is 17.6 Å². The van der Waals surface area contributed by atoms with E-state index in [0.717, 1.165) is 0 Å². The molecule has 0 aliphatic rings. The Morgan fingerprint density at radius 3 is 2.14 bits per heavy atom. The first-order valence-electron chi connectivity index (χ1n) is 3.25. The van der Waals surface area contributed by atoms with Crippen molar-refractivity contribution in [2.24, 2.45) is 0 Å². The number of rotatable bonds is 0. The molecule has 0 saturated carbocycles. The predicted molar refractivity (Wildman–Crippen MR) is 45.8 cm³/mol. The van der Waals surface area contributed by atoms with E-state index in [1.807, 2.05) is 0 Å². The highest BCUT2D eigenvalue weighted by molar-refractivity contribution is 6.39. The highest BCUT2D eigenvalue weighted by Gasteiger charge is 2.36. The molecular formula is C7H3Cl2F4N. The maximum atomic E-state index is 12.9. The van der Waals surface area contributed by atoms with E-state index >= 15 is 0 Å². The van der Waals surface area contributed by atoms with Crippen molar-refractivity contribution in [3.8, 4) is 0 Å². The zero-order valence-electron chi connectivity index (χ0n) is 6.42. The van der Waals surface area contributed by atoms with E-state index in [1.54, 1.807) is 0 Å². The van der Waals surface area contributed by atoms with Gasteiger partial charge in [0.25, 0.3) is 0 Å². The Hall–Kier alpha value is -0.680. The van der Waals surface area contributed by atoms with E-state index in [0.29, 0.717) is 6.07 Å². The molecule has 1 rings (SSSR count). The fraction of sp³-hybridized carbons (Fsp3) is 0.143. The smallest absolute Gasteiger partial charge is 0.396 e. The minimum absolute atomic E-state index is 0.401. The van der Waals surface area contributed by atoms with E-state index in [2.05, 4.69) is 0 Å². The van der Waals surface area contributed by atoms with Gasteiger partial charge >= 0.3 is 6.18 Å². The molecule has 2 N–H and O–H groups in total. The number of nitrogens with two attached hydrogens (primary N) is 1. The van der Waals surface area contributed by atoms with Crippen LogP contribution in [0.1, 0.15) is 5.56 Å². The van der Waals surface area contributed by atoms with Crippen LogP contribution in [0.4, 0.5) is 23.2 Å². The molecule has 0 spiro atoms. The van der Waals surface area contributed by atoms with Crippen LogP contribution in [-0.4, -0.2) is 0 Å². The molecule has 0 radical (unpaired) electrons. The summed E-state index contributed by atoms with van der Waals surface area (Å²) in [4.78, 5) is 0. The van der Waals surface area contributed by atoms with Crippen molar-refractivity contribution in [2.75, 3.05) is 5.73 Å². The van der Waals surface area contributed by atoms with Crippen LogP contribution in [0.2, 0.25) is 10.0 Å². The number of benzene rings is 1. The molecule has 0 aromatic heterocycles. The van der Waals surface area contributed by atoms with Crippen molar-refractivity contribution >= 4 is 28.9 Å². The summed E-state index contributed by atoms with van der Waals surface area (Å²) in [5.41, 5.74) is 3.19. The third-order valence-corrected chi connectivity index (χ3v) is 2.18. The average molecular weight is 248 g/mol. The Bertz CT molecular complexity index is 375. The minimum Gasteiger partial charge on any atom is -0.396 e. The first kappa shape index (κ1) is 11.4. The zero-order valence-corrected chi connectivity index (χ0v) is 7.93. The van der Waals surface area contributed by atoms with Crippen LogP contribution in [0.3, 0.4) is 0 Å². The summed E-state index contributed by atoms with van der Waals surface area (Å²) < 4.78 is 49.4. The maximum Gasteiger partial charge on any atom is 0.419 e. The van der Waals surface area contributed by atoms with Crippen LogP contribution in [0.15, 0.2) is 6.07 Å². The third-order valence-electron chi connectivity index (χ3n) is 1.50. The second-order valence-electron chi connectivity index (χ2n) is 2.45. The lowest BCUT2D eigenvalue weighted by molar-refractivity contribution is -0.139. The van der Waals surface area contributed by atoms with Crippen molar-refractivity contribution < 1.29 is 17.6 Å². The van der Waals surface area contributed by atoms with E-state index in [4.69, 9.17) is 28.9 Å². The minimum atomic E-state index is -4.84. The van der Waals surface area contributed by atoms with E-state index < -0.39 is 33.3 Å². The van der Waals surface area contributed by atoms with Crippen LogP contribution in [0.5, 0.6) is 0 Å². The number of hydrogen-bond donors (Lipinski definition) is 1. The topological polar surface area (TPSA) is 26.0 Å². The Balaban J connectivity index is 3.49. The standard InChI is InChI=1S/C7H3Cl2F4N/c8-3-1-2(7(11,12)13)5(10)4(9)6(3)14/h1H,14H2. The van der Waals surface area contributed by atoms with E-state index in [-0.39, 0.29) is 0 Å². The Morgan fingerprint density at radius 1 is 1.21 bits per heavy atom. The maximum absolute atomic E-state index is 12.9. The monoisotopic (exact) mass is 247 g/mol. The number of alkyl halides is 3. The first-order chi connectivity index (χ1) is 6.25. The summed E-state index contributed by atoms with van der Waals surface area (Å²) in [6.45, 7) is 0. The second kappa shape index (κ2) is 3.47. The zero-order chi connectivity index (χ0) is 11.1. The molecular weight excluding hydrogens is 245 g/mol. The van der Waals surface area contributed by atoms with E-state index in [1.165, 1.54) is 0 Å². The normalized spacial score (nSPS) is 11.9. The molecule has 1 aromatic carbocycles. The molecule has 0 amide bonds. The van der Waals surface area contributed by atoms with Gasteiger partial charge in [-0.05, 0) is 6.07 Å². The van der Waals surface area contributed by atoms with Gasteiger partial charge in [-0.2, -0.15) is 13.2 Å². The van der Waals surface area contributed by atoms with Crippen molar-refractivity contribution in [3.05, 3.63) is 27.5 Å². The van der Waals surface area contributed by atoms with Crippen LogP contribution in [0, 0.1) is 5.82 Å². The van der Waals surface area contributed by atoms with Gasteiger partial charge in [0.1, 0.15) is 5.02 Å². The molecule has 0 aliphatic heterocycles. The molecule has 0 fully saturated rings. The summed E-state index contributed by atoms with van der Waals surface area (Å²) in [5.74, 6) is -1.61. The molecule has 0 unspecified atom stereocenters. The van der Waals surface area contributed by atoms with Gasteiger partial charge in [-0.15, -0.1) is 0 Å². The van der Waals surface area contributed by atoms with Crippen LogP contribution >= 0.6 is 23.2 Å². The predicted octanol–water partition coefficient (Wildman–Crippen LogP) is 3.73. The lowest BCUT2D eigenvalue weighted by Crippen LogP contribution is -2.09. The van der Waals surface area contributed by atoms with Gasteiger partial charge < -0.3 is 5.73 Å². The van der Waals surface area contributed by atoms with Crippen LogP contribution in [0.25, 0.3) is 0 Å². The van der Waals surface area contributed by atoms with Crippen LogP contribution in [-0.2, 0) is 6.18 Å². The van der Waals surface area contributed by atoms with Gasteiger partial charge in [-0.1, -0.05) is 23.2 Å². The van der Waals surface area contributed by atoms with Crippen molar-refractivity contribution in [3.63, 3.8) is 0 Å². The Morgan fingerprint density at radius 2 is 1.71 bits per heavy atom. The van der Waals surface area contributed by atoms with Gasteiger partial charge in [-0.25, -0.2) is 4.39 Å². The lowest BCUT2D eigenvalue weighted by Gasteiger charge is -2.11. The molecule has 1 aromatic rings. The largest absolute Gasteiger partial charge is 0.419 e. The Kier molecular flexibility index (Phi) is 2.83.